The van der Waals surface area contributed by atoms with Crippen LogP contribution in [0.15, 0.2) is 83.3 Å². The van der Waals surface area contributed by atoms with Crippen molar-refractivity contribution in [1.29, 1.82) is 5.26 Å². The van der Waals surface area contributed by atoms with Gasteiger partial charge in [0.25, 0.3) is 5.69 Å². The molecule has 4 aromatic rings. The Kier molecular flexibility index (Phi) is 7.44. The number of nitro groups is 1. The molecule has 0 saturated heterocycles. The fourth-order valence-corrected chi connectivity index (χ4v) is 4.15. The number of non-ortho nitro benzene ring substituents is 1. The molecular formula is C28H21BrN2O4. The SMILES string of the molecule is CCOc1cc(/C=C(/C#N)c2ccc([N+](=O)[O-])cc2)c(Br)cc1OCc1cccc2ccccc12. The number of rotatable bonds is 8. The van der Waals surface area contributed by atoms with Crippen molar-refractivity contribution >= 4 is 44.0 Å². The zero-order valence-corrected chi connectivity index (χ0v) is 20.5. The molecule has 174 valence electrons. The van der Waals surface area contributed by atoms with Crippen molar-refractivity contribution < 1.29 is 14.4 Å². The molecule has 0 radical (unpaired) electrons. The van der Waals surface area contributed by atoms with Gasteiger partial charge in [0.15, 0.2) is 11.5 Å². The topological polar surface area (TPSA) is 85.4 Å². The summed E-state index contributed by atoms with van der Waals surface area (Å²) in [5, 5.41) is 22.9. The fraction of sp³-hybridized carbons (Fsp3) is 0.107. The van der Waals surface area contributed by atoms with E-state index in [0.29, 0.717) is 35.8 Å². The Labute approximate surface area is 211 Å². The van der Waals surface area contributed by atoms with Gasteiger partial charge in [0.05, 0.1) is 23.2 Å². The molecule has 4 rings (SSSR count). The maximum Gasteiger partial charge on any atom is 0.269 e. The van der Waals surface area contributed by atoms with E-state index in [4.69, 9.17) is 9.47 Å². The predicted molar refractivity (Wildman–Crippen MR) is 140 cm³/mol. The molecule has 6 nitrogen and oxygen atoms in total. The van der Waals surface area contributed by atoms with Crippen molar-refractivity contribution in [2.45, 2.75) is 13.5 Å². The molecule has 0 spiro atoms. The largest absolute Gasteiger partial charge is 0.490 e. The van der Waals surface area contributed by atoms with Crippen molar-refractivity contribution in [1.82, 2.24) is 0 Å². The van der Waals surface area contributed by atoms with E-state index in [-0.39, 0.29) is 5.69 Å². The molecule has 0 amide bonds. The predicted octanol–water partition coefficient (Wildman–Crippen LogP) is 7.55. The van der Waals surface area contributed by atoms with Crippen molar-refractivity contribution in [2.24, 2.45) is 0 Å². The summed E-state index contributed by atoms with van der Waals surface area (Å²) in [6.07, 6.45) is 1.71. The highest BCUT2D eigenvalue weighted by atomic mass is 79.9. The molecule has 0 bridgehead atoms. The minimum Gasteiger partial charge on any atom is -0.490 e. The second-order valence-corrected chi connectivity index (χ2v) is 8.51. The van der Waals surface area contributed by atoms with Crippen LogP contribution in [0.5, 0.6) is 11.5 Å². The Morgan fingerprint density at radius 2 is 1.74 bits per heavy atom. The van der Waals surface area contributed by atoms with Gasteiger partial charge in [0.1, 0.15) is 6.61 Å². The molecule has 0 aliphatic carbocycles. The Hall–Kier alpha value is -4.15. The van der Waals surface area contributed by atoms with Crippen molar-refractivity contribution in [3.63, 3.8) is 0 Å². The van der Waals surface area contributed by atoms with Gasteiger partial charge in [0, 0.05) is 16.6 Å². The van der Waals surface area contributed by atoms with Gasteiger partial charge < -0.3 is 9.47 Å². The minimum absolute atomic E-state index is 0.0291. The number of hydrogen-bond acceptors (Lipinski definition) is 5. The molecule has 0 unspecified atom stereocenters. The fourth-order valence-electron chi connectivity index (χ4n) is 3.71. The zero-order chi connectivity index (χ0) is 24.8. The van der Waals surface area contributed by atoms with Crippen LogP contribution in [0.2, 0.25) is 0 Å². The third-order valence-electron chi connectivity index (χ3n) is 5.44. The number of ether oxygens (including phenoxy) is 2. The van der Waals surface area contributed by atoms with Crippen LogP contribution in [0.4, 0.5) is 5.69 Å². The van der Waals surface area contributed by atoms with E-state index in [9.17, 15) is 15.4 Å². The Balaban J connectivity index is 1.64. The molecule has 0 atom stereocenters. The molecule has 4 aromatic carbocycles. The maximum atomic E-state index is 10.9. The molecular weight excluding hydrogens is 508 g/mol. The van der Waals surface area contributed by atoms with Crippen molar-refractivity contribution in [3.8, 4) is 17.6 Å². The van der Waals surface area contributed by atoms with Gasteiger partial charge in [-0.05, 0) is 64.7 Å². The summed E-state index contributed by atoms with van der Waals surface area (Å²) >= 11 is 3.58. The number of hydrogen-bond donors (Lipinski definition) is 0. The standard InChI is InChI=1S/C28H21BrN2O4/c1-2-34-27-15-22(14-23(17-30)19-10-12-24(13-11-19)31(32)33)26(29)16-28(27)35-18-21-8-5-7-20-6-3-4-9-25(20)21/h3-16H,2,18H2,1H3/b23-14-. The summed E-state index contributed by atoms with van der Waals surface area (Å²) < 4.78 is 12.7. The summed E-state index contributed by atoms with van der Waals surface area (Å²) in [4.78, 5) is 10.4. The molecule has 0 saturated carbocycles. The first-order chi connectivity index (χ1) is 17.0. The highest BCUT2D eigenvalue weighted by Gasteiger charge is 2.13. The van der Waals surface area contributed by atoms with E-state index in [0.717, 1.165) is 26.4 Å². The van der Waals surface area contributed by atoms with E-state index in [1.54, 1.807) is 18.2 Å². The highest BCUT2D eigenvalue weighted by Crippen LogP contribution is 2.36. The summed E-state index contributed by atoms with van der Waals surface area (Å²) in [5.74, 6) is 1.14. The first kappa shape index (κ1) is 24.0. The molecule has 35 heavy (non-hydrogen) atoms. The Morgan fingerprint density at radius 3 is 2.46 bits per heavy atom. The van der Waals surface area contributed by atoms with E-state index in [2.05, 4.69) is 40.2 Å². The van der Waals surface area contributed by atoms with Crippen molar-refractivity contribution in [2.75, 3.05) is 6.61 Å². The number of nitriles is 1. The second kappa shape index (κ2) is 10.9. The second-order valence-electron chi connectivity index (χ2n) is 7.65. The zero-order valence-electron chi connectivity index (χ0n) is 18.9. The number of nitrogens with zero attached hydrogens (tertiary/aromatic N) is 2. The Bertz CT molecular complexity index is 1450. The molecule has 0 N–H and O–H groups in total. The normalized spacial score (nSPS) is 11.2. The van der Waals surface area contributed by atoms with Crippen LogP contribution in [0.3, 0.4) is 0 Å². The average molecular weight is 529 g/mol. The van der Waals surface area contributed by atoms with Crippen LogP contribution < -0.4 is 9.47 Å². The van der Waals surface area contributed by atoms with Gasteiger partial charge in [-0.3, -0.25) is 10.1 Å². The monoisotopic (exact) mass is 528 g/mol. The molecule has 0 aliphatic rings. The molecule has 0 fully saturated rings. The van der Waals surface area contributed by atoms with E-state index < -0.39 is 4.92 Å². The molecule has 7 heteroatoms. The lowest BCUT2D eigenvalue weighted by Crippen LogP contribution is -2.01. The number of halogens is 1. The van der Waals surface area contributed by atoms with Gasteiger partial charge in [-0.15, -0.1) is 0 Å². The van der Waals surface area contributed by atoms with Gasteiger partial charge in [-0.25, -0.2) is 0 Å². The van der Waals surface area contributed by atoms with Gasteiger partial charge >= 0.3 is 0 Å². The van der Waals surface area contributed by atoms with Gasteiger partial charge in [-0.1, -0.05) is 58.4 Å². The molecule has 0 heterocycles. The number of nitro benzene ring substituents is 1. The van der Waals surface area contributed by atoms with Crippen LogP contribution >= 0.6 is 15.9 Å². The highest BCUT2D eigenvalue weighted by molar-refractivity contribution is 9.10. The van der Waals surface area contributed by atoms with E-state index >= 15 is 0 Å². The Morgan fingerprint density at radius 1 is 1.03 bits per heavy atom. The smallest absolute Gasteiger partial charge is 0.269 e. The van der Waals surface area contributed by atoms with E-state index in [1.807, 2.05) is 43.3 Å². The summed E-state index contributed by atoms with van der Waals surface area (Å²) in [6.45, 7) is 2.71. The van der Waals surface area contributed by atoms with Gasteiger partial charge in [0.2, 0.25) is 0 Å². The summed E-state index contributed by atoms with van der Waals surface area (Å²) in [7, 11) is 0. The summed E-state index contributed by atoms with van der Waals surface area (Å²) in [5.41, 5.74) is 2.71. The lowest BCUT2D eigenvalue weighted by molar-refractivity contribution is -0.384. The first-order valence-corrected chi connectivity index (χ1v) is 11.7. The molecule has 0 aromatic heterocycles. The lowest BCUT2D eigenvalue weighted by Gasteiger charge is -2.15. The number of benzene rings is 4. The van der Waals surface area contributed by atoms with Crippen LogP contribution in [0, 0.1) is 21.4 Å². The van der Waals surface area contributed by atoms with Crippen LogP contribution in [0.25, 0.3) is 22.4 Å². The molecule has 0 aliphatic heterocycles. The quantitative estimate of drug-likeness (QED) is 0.102. The van der Waals surface area contributed by atoms with Crippen molar-refractivity contribution in [3.05, 3.63) is 110 Å². The van der Waals surface area contributed by atoms with Crippen LogP contribution in [0.1, 0.15) is 23.6 Å². The third-order valence-corrected chi connectivity index (χ3v) is 6.12. The van der Waals surface area contributed by atoms with E-state index in [1.165, 1.54) is 12.1 Å². The first-order valence-electron chi connectivity index (χ1n) is 10.9. The van der Waals surface area contributed by atoms with Gasteiger partial charge in [-0.2, -0.15) is 5.26 Å². The third kappa shape index (κ3) is 5.51. The average Bonchev–Trinajstić information content (AvgIpc) is 2.88. The number of allylic oxidation sites excluding steroid dienone is 1. The summed E-state index contributed by atoms with van der Waals surface area (Å²) in [6, 6.07) is 26.0. The lowest BCUT2D eigenvalue weighted by atomic mass is 10.0. The van der Waals surface area contributed by atoms with Crippen LogP contribution in [-0.4, -0.2) is 11.5 Å². The van der Waals surface area contributed by atoms with Crippen LogP contribution in [-0.2, 0) is 6.61 Å². The number of fused-ring (bicyclic) bond motifs is 1. The maximum absolute atomic E-state index is 10.9. The minimum atomic E-state index is -0.471.